The molecule has 4 heteroatoms. The predicted molar refractivity (Wildman–Crippen MR) is 67.8 cm³/mol. The molecule has 96 valence electrons. The van der Waals surface area contributed by atoms with Crippen LogP contribution in [0, 0.1) is 0 Å². The Hall–Kier alpha value is -1.26. The van der Waals surface area contributed by atoms with Crippen LogP contribution in [-0.4, -0.2) is 40.0 Å². The molecule has 0 bridgehead atoms. The highest BCUT2D eigenvalue weighted by Crippen LogP contribution is 2.18. The summed E-state index contributed by atoms with van der Waals surface area (Å²) >= 11 is 0. The fourth-order valence-electron chi connectivity index (χ4n) is 1.47. The monoisotopic (exact) mass is 239 g/mol. The van der Waals surface area contributed by atoms with E-state index in [4.69, 9.17) is 14.2 Å². The van der Waals surface area contributed by atoms with Crippen LogP contribution in [0.5, 0.6) is 11.5 Å². The van der Waals surface area contributed by atoms with Gasteiger partial charge in [0, 0.05) is 13.7 Å². The second-order valence-electron chi connectivity index (χ2n) is 3.68. The predicted octanol–water partition coefficient (Wildman–Crippen LogP) is 1.70. The molecule has 0 saturated carbocycles. The summed E-state index contributed by atoms with van der Waals surface area (Å²) in [6.45, 7) is 4.33. The minimum absolute atomic E-state index is 0.0216. The molecule has 0 fully saturated rings. The maximum atomic E-state index is 5.81. The first-order valence-electron chi connectivity index (χ1n) is 5.80. The number of hydrogen-bond acceptors (Lipinski definition) is 4. The van der Waals surface area contributed by atoms with Gasteiger partial charge in [-0.05, 0) is 30.8 Å². The van der Waals surface area contributed by atoms with Crippen LogP contribution >= 0.6 is 0 Å². The standard InChI is InChI=1S/C13H21NO3/c1-4-14-9-13(10-15-2)17-12-7-5-11(16-3)6-8-12/h5-8,13-14H,4,9-10H2,1-3H3. The third kappa shape index (κ3) is 5.06. The maximum Gasteiger partial charge on any atom is 0.134 e. The maximum absolute atomic E-state index is 5.81. The summed E-state index contributed by atoms with van der Waals surface area (Å²) in [5.74, 6) is 1.65. The Balaban J connectivity index is 2.51. The van der Waals surface area contributed by atoms with Crippen molar-refractivity contribution in [3.63, 3.8) is 0 Å². The van der Waals surface area contributed by atoms with Crippen molar-refractivity contribution in [3.05, 3.63) is 24.3 Å². The highest BCUT2D eigenvalue weighted by molar-refractivity contribution is 5.31. The Morgan fingerprint density at radius 1 is 1.12 bits per heavy atom. The molecule has 0 saturated heterocycles. The van der Waals surface area contributed by atoms with E-state index < -0.39 is 0 Å². The van der Waals surface area contributed by atoms with Crippen LogP contribution in [-0.2, 0) is 4.74 Å². The van der Waals surface area contributed by atoms with Crippen LogP contribution in [0.4, 0.5) is 0 Å². The van der Waals surface area contributed by atoms with Gasteiger partial charge >= 0.3 is 0 Å². The molecule has 0 aliphatic carbocycles. The fourth-order valence-corrected chi connectivity index (χ4v) is 1.47. The van der Waals surface area contributed by atoms with Gasteiger partial charge in [0.25, 0.3) is 0 Å². The van der Waals surface area contributed by atoms with Gasteiger partial charge in [-0.1, -0.05) is 6.92 Å². The van der Waals surface area contributed by atoms with Crippen molar-refractivity contribution in [2.24, 2.45) is 0 Å². The van der Waals surface area contributed by atoms with Crippen LogP contribution in [0.3, 0.4) is 0 Å². The highest BCUT2D eigenvalue weighted by Gasteiger charge is 2.09. The molecule has 1 N–H and O–H groups in total. The number of ether oxygens (including phenoxy) is 3. The quantitative estimate of drug-likeness (QED) is 0.749. The van der Waals surface area contributed by atoms with E-state index in [-0.39, 0.29) is 6.10 Å². The molecule has 1 rings (SSSR count). The van der Waals surface area contributed by atoms with Crippen LogP contribution in [0.25, 0.3) is 0 Å². The first-order chi connectivity index (χ1) is 8.30. The lowest BCUT2D eigenvalue weighted by atomic mass is 10.3. The summed E-state index contributed by atoms with van der Waals surface area (Å²) in [6, 6.07) is 7.56. The zero-order chi connectivity index (χ0) is 12.5. The summed E-state index contributed by atoms with van der Waals surface area (Å²) < 4.78 is 16.0. The molecule has 0 spiro atoms. The SMILES string of the molecule is CCNCC(COC)Oc1ccc(OC)cc1. The Kier molecular flexibility index (Phi) is 6.43. The molecule has 1 aromatic carbocycles. The number of rotatable bonds is 8. The van der Waals surface area contributed by atoms with Crippen molar-refractivity contribution in [3.8, 4) is 11.5 Å². The van der Waals surface area contributed by atoms with Gasteiger partial charge in [-0.15, -0.1) is 0 Å². The lowest BCUT2D eigenvalue weighted by Crippen LogP contribution is -2.34. The Bertz CT molecular complexity index is 300. The van der Waals surface area contributed by atoms with E-state index in [1.165, 1.54) is 0 Å². The molecule has 0 aliphatic rings. The van der Waals surface area contributed by atoms with E-state index in [9.17, 15) is 0 Å². The molecule has 0 aliphatic heterocycles. The molecule has 0 amide bonds. The summed E-state index contributed by atoms with van der Waals surface area (Å²) in [4.78, 5) is 0. The van der Waals surface area contributed by atoms with Gasteiger partial charge < -0.3 is 19.5 Å². The molecule has 0 radical (unpaired) electrons. The molecule has 4 nitrogen and oxygen atoms in total. The van der Waals surface area contributed by atoms with Crippen molar-refractivity contribution >= 4 is 0 Å². The Morgan fingerprint density at radius 2 is 1.76 bits per heavy atom. The smallest absolute Gasteiger partial charge is 0.134 e. The lowest BCUT2D eigenvalue weighted by molar-refractivity contribution is 0.0809. The summed E-state index contributed by atoms with van der Waals surface area (Å²) in [5, 5.41) is 3.25. The molecule has 1 unspecified atom stereocenters. The van der Waals surface area contributed by atoms with Gasteiger partial charge in [0.15, 0.2) is 0 Å². The zero-order valence-electron chi connectivity index (χ0n) is 10.7. The second kappa shape index (κ2) is 7.92. The van der Waals surface area contributed by atoms with Crippen molar-refractivity contribution in [2.75, 3.05) is 33.9 Å². The molecule has 17 heavy (non-hydrogen) atoms. The zero-order valence-corrected chi connectivity index (χ0v) is 10.7. The van der Waals surface area contributed by atoms with Gasteiger partial charge in [-0.3, -0.25) is 0 Å². The average Bonchev–Trinajstić information content (AvgIpc) is 2.37. The van der Waals surface area contributed by atoms with E-state index in [0.29, 0.717) is 6.61 Å². The minimum atomic E-state index is 0.0216. The third-order valence-corrected chi connectivity index (χ3v) is 2.34. The van der Waals surface area contributed by atoms with E-state index in [2.05, 4.69) is 12.2 Å². The normalized spacial score (nSPS) is 12.2. The second-order valence-corrected chi connectivity index (χ2v) is 3.68. The van der Waals surface area contributed by atoms with Crippen LogP contribution in [0.2, 0.25) is 0 Å². The van der Waals surface area contributed by atoms with Crippen LogP contribution < -0.4 is 14.8 Å². The number of likely N-dealkylation sites (N-methyl/N-ethyl adjacent to an activating group) is 1. The van der Waals surface area contributed by atoms with Crippen molar-refractivity contribution in [1.29, 1.82) is 0 Å². The number of nitrogens with one attached hydrogen (secondary N) is 1. The van der Waals surface area contributed by atoms with Gasteiger partial charge in [0.05, 0.1) is 13.7 Å². The Morgan fingerprint density at radius 3 is 2.29 bits per heavy atom. The molecular weight excluding hydrogens is 218 g/mol. The molecule has 1 atom stereocenters. The van der Waals surface area contributed by atoms with E-state index in [1.807, 2.05) is 24.3 Å². The van der Waals surface area contributed by atoms with E-state index in [1.54, 1.807) is 14.2 Å². The molecule has 0 aromatic heterocycles. The van der Waals surface area contributed by atoms with Gasteiger partial charge in [-0.25, -0.2) is 0 Å². The summed E-state index contributed by atoms with van der Waals surface area (Å²) in [5.41, 5.74) is 0. The lowest BCUT2D eigenvalue weighted by Gasteiger charge is -2.18. The highest BCUT2D eigenvalue weighted by atomic mass is 16.5. The third-order valence-electron chi connectivity index (χ3n) is 2.34. The van der Waals surface area contributed by atoms with Gasteiger partial charge in [0.2, 0.25) is 0 Å². The number of hydrogen-bond donors (Lipinski definition) is 1. The van der Waals surface area contributed by atoms with E-state index >= 15 is 0 Å². The number of benzene rings is 1. The van der Waals surface area contributed by atoms with Crippen LogP contribution in [0.15, 0.2) is 24.3 Å². The first kappa shape index (κ1) is 13.8. The number of methoxy groups -OCH3 is 2. The van der Waals surface area contributed by atoms with Crippen molar-refractivity contribution in [2.45, 2.75) is 13.0 Å². The van der Waals surface area contributed by atoms with Crippen molar-refractivity contribution in [1.82, 2.24) is 5.32 Å². The largest absolute Gasteiger partial charge is 0.497 e. The molecule has 0 heterocycles. The Labute approximate surface area is 103 Å². The van der Waals surface area contributed by atoms with Crippen molar-refractivity contribution < 1.29 is 14.2 Å². The van der Waals surface area contributed by atoms with Crippen LogP contribution in [0.1, 0.15) is 6.92 Å². The minimum Gasteiger partial charge on any atom is -0.497 e. The van der Waals surface area contributed by atoms with Gasteiger partial charge in [0.1, 0.15) is 17.6 Å². The molecule has 1 aromatic rings. The summed E-state index contributed by atoms with van der Waals surface area (Å²) in [7, 11) is 3.32. The average molecular weight is 239 g/mol. The first-order valence-corrected chi connectivity index (χ1v) is 5.80. The molecular formula is C13H21NO3. The van der Waals surface area contributed by atoms with E-state index in [0.717, 1.165) is 24.6 Å². The fraction of sp³-hybridized carbons (Fsp3) is 0.538. The van der Waals surface area contributed by atoms with Gasteiger partial charge in [-0.2, -0.15) is 0 Å². The topological polar surface area (TPSA) is 39.7 Å². The summed E-state index contributed by atoms with van der Waals surface area (Å²) in [6.07, 6.45) is 0.0216.